The Balaban J connectivity index is 2.12. The number of hydrogen-bond acceptors (Lipinski definition) is 3. The van der Waals surface area contributed by atoms with Crippen molar-refractivity contribution in [3.8, 4) is 11.8 Å². The van der Waals surface area contributed by atoms with Crippen LogP contribution in [-0.2, 0) is 10.9 Å². The topological polar surface area (TPSA) is 42.2 Å². The molecule has 1 aliphatic heterocycles. The van der Waals surface area contributed by atoms with Crippen LogP contribution in [0.4, 0.5) is 13.2 Å². The zero-order chi connectivity index (χ0) is 14.6. The minimum atomic E-state index is -4.53. The molecule has 0 atom stereocenters. The van der Waals surface area contributed by atoms with Crippen molar-refractivity contribution < 1.29 is 22.6 Å². The van der Waals surface area contributed by atoms with Crippen LogP contribution in [0.25, 0.3) is 0 Å². The fourth-order valence-corrected chi connectivity index (χ4v) is 2.07. The van der Waals surface area contributed by atoms with E-state index in [0.29, 0.717) is 13.2 Å². The van der Waals surface area contributed by atoms with Gasteiger partial charge in [-0.2, -0.15) is 18.4 Å². The molecule has 0 spiro atoms. The minimum Gasteiger partial charge on any atom is -0.493 e. The lowest BCUT2D eigenvalue weighted by atomic mass is 10.0. The van der Waals surface area contributed by atoms with Crippen molar-refractivity contribution in [1.82, 2.24) is 0 Å². The third-order valence-corrected chi connectivity index (χ3v) is 3.23. The zero-order valence-electron chi connectivity index (χ0n) is 10.7. The van der Waals surface area contributed by atoms with Gasteiger partial charge in [-0.1, -0.05) is 0 Å². The van der Waals surface area contributed by atoms with Gasteiger partial charge in [0.05, 0.1) is 23.8 Å². The molecule has 1 aliphatic rings. The number of halogens is 3. The first-order valence-corrected chi connectivity index (χ1v) is 6.32. The summed E-state index contributed by atoms with van der Waals surface area (Å²) in [6.45, 7) is 1.47. The lowest BCUT2D eigenvalue weighted by Crippen LogP contribution is -2.22. The van der Waals surface area contributed by atoms with Crippen LogP contribution in [-0.4, -0.2) is 19.8 Å². The Morgan fingerprint density at radius 3 is 2.60 bits per heavy atom. The highest BCUT2D eigenvalue weighted by Gasteiger charge is 2.35. The van der Waals surface area contributed by atoms with Gasteiger partial charge in [-0.05, 0) is 37.0 Å². The number of nitrogens with zero attached hydrogens (tertiary/aromatic N) is 1. The standard InChI is InChI=1S/C14H14F3NO2/c15-14(16,17)12-7-11(8-18)1-2-13(12)20-9-10-3-5-19-6-4-10/h1-2,7,10H,3-6,9H2. The van der Waals surface area contributed by atoms with Gasteiger partial charge < -0.3 is 9.47 Å². The third kappa shape index (κ3) is 3.64. The van der Waals surface area contributed by atoms with Crippen molar-refractivity contribution in [2.45, 2.75) is 19.0 Å². The summed E-state index contributed by atoms with van der Waals surface area (Å²) < 4.78 is 49.3. The predicted molar refractivity (Wildman–Crippen MR) is 65.2 cm³/mol. The van der Waals surface area contributed by atoms with Gasteiger partial charge in [0.15, 0.2) is 0 Å². The van der Waals surface area contributed by atoms with E-state index in [2.05, 4.69) is 0 Å². The fraction of sp³-hybridized carbons (Fsp3) is 0.500. The average Bonchev–Trinajstić information content (AvgIpc) is 2.45. The molecule has 6 heteroatoms. The summed E-state index contributed by atoms with van der Waals surface area (Å²) in [5.41, 5.74) is -0.931. The van der Waals surface area contributed by atoms with Crippen LogP contribution in [0.15, 0.2) is 18.2 Å². The largest absolute Gasteiger partial charge is 0.493 e. The van der Waals surface area contributed by atoms with Crippen LogP contribution in [0.5, 0.6) is 5.75 Å². The highest BCUT2D eigenvalue weighted by atomic mass is 19.4. The van der Waals surface area contributed by atoms with Crippen molar-refractivity contribution in [3.63, 3.8) is 0 Å². The molecule has 0 saturated carbocycles. The van der Waals surface area contributed by atoms with Gasteiger partial charge in [0.2, 0.25) is 0 Å². The average molecular weight is 285 g/mol. The summed E-state index contributed by atoms with van der Waals surface area (Å²) in [5, 5.41) is 8.68. The number of hydrogen-bond donors (Lipinski definition) is 0. The Morgan fingerprint density at radius 1 is 1.30 bits per heavy atom. The number of rotatable bonds is 3. The van der Waals surface area contributed by atoms with Gasteiger partial charge >= 0.3 is 6.18 Å². The summed E-state index contributed by atoms with van der Waals surface area (Å²) >= 11 is 0. The maximum absolute atomic E-state index is 12.9. The second-order valence-corrected chi connectivity index (χ2v) is 4.69. The molecule has 108 valence electrons. The predicted octanol–water partition coefficient (Wildman–Crippen LogP) is 3.38. The molecule has 1 aromatic rings. The van der Waals surface area contributed by atoms with E-state index in [1.54, 1.807) is 6.07 Å². The van der Waals surface area contributed by atoms with Crippen molar-refractivity contribution in [2.24, 2.45) is 5.92 Å². The number of alkyl halides is 3. The molecule has 0 aliphatic carbocycles. The Kier molecular flexibility index (Phi) is 4.50. The maximum Gasteiger partial charge on any atom is 0.420 e. The fourth-order valence-electron chi connectivity index (χ4n) is 2.07. The molecule has 0 aromatic heterocycles. The minimum absolute atomic E-state index is 0.0317. The van der Waals surface area contributed by atoms with Gasteiger partial charge in [-0.15, -0.1) is 0 Å². The van der Waals surface area contributed by atoms with Crippen LogP contribution < -0.4 is 4.74 Å². The molecule has 0 amide bonds. The summed E-state index contributed by atoms with van der Waals surface area (Å²) in [7, 11) is 0. The third-order valence-electron chi connectivity index (χ3n) is 3.23. The van der Waals surface area contributed by atoms with Gasteiger partial charge in [-0.25, -0.2) is 0 Å². The van der Waals surface area contributed by atoms with Crippen molar-refractivity contribution in [3.05, 3.63) is 29.3 Å². The number of benzene rings is 1. The molecule has 1 saturated heterocycles. The normalized spacial score (nSPS) is 16.7. The highest BCUT2D eigenvalue weighted by molar-refractivity contribution is 5.43. The van der Waals surface area contributed by atoms with Crippen LogP contribution in [0.3, 0.4) is 0 Å². The highest BCUT2D eigenvalue weighted by Crippen LogP contribution is 2.37. The van der Waals surface area contributed by atoms with E-state index in [0.717, 1.165) is 18.9 Å². The maximum atomic E-state index is 12.9. The van der Waals surface area contributed by atoms with E-state index in [4.69, 9.17) is 14.7 Å². The lowest BCUT2D eigenvalue weighted by Gasteiger charge is -2.23. The Morgan fingerprint density at radius 2 is 2.00 bits per heavy atom. The first-order chi connectivity index (χ1) is 9.50. The van der Waals surface area contributed by atoms with Crippen LogP contribution in [0.2, 0.25) is 0 Å². The molecule has 3 nitrogen and oxygen atoms in total. The monoisotopic (exact) mass is 285 g/mol. The molecule has 0 bridgehead atoms. The molecular weight excluding hydrogens is 271 g/mol. The Hall–Kier alpha value is -1.74. The Labute approximate surface area is 114 Å². The first-order valence-electron chi connectivity index (χ1n) is 6.32. The second-order valence-electron chi connectivity index (χ2n) is 4.69. The zero-order valence-corrected chi connectivity index (χ0v) is 10.7. The molecule has 0 radical (unpaired) electrons. The van der Waals surface area contributed by atoms with Crippen LogP contribution >= 0.6 is 0 Å². The molecule has 20 heavy (non-hydrogen) atoms. The van der Waals surface area contributed by atoms with Gasteiger partial charge in [-0.3, -0.25) is 0 Å². The summed E-state index contributed by atoms with van der Waals surface area (Å²) in [5.74, 6) is -0.0107. The van der Waals surface area contributed by atoms with Crippen molar-refractivity contribution in [2.75, 3.05) is 19.8 Å². The van der Waals surface area contributed by atoms with Crippen LogP contribution in [0, 0.1) is 17.2 Å². The van der Waals surface area contributed by atoms with E-state index in [1.807, 2.05) is 0 Å². The van der Waals surface area contributed by atoms with E-state index in [9.17, 15) is 13.2 Å². The van der Waals surface area contributed by atoms with E-state index >= 15 is 0 Å². The first kappa shape index (κ1) is 14.7. The quantitative estimate of drug-likeness (QED) is 0.855. The molecule has 2 rings (SSSR count). The summed E-state index contributed by atoms with van der Waals surface area (Å²) in [4.78, 5) is 0. The molecule has 0 unspecified atom stereocenters. The van der Waals surface area contributed by atoms with E-state index < -0.39 is 11.7 Å². The summed E-state index contributed by atoms with van der Waals surface area (Å²) in [6.07, 6.45) is -2.95. The molecular formula is C14H14F3NO2. The second kappa shape index (κ2) is 6.14. The Bertz CT molecular complexity index is 502. The van der Waals surface area contributed by atoms with Gasteiger partial charge in [0.25, 0.3) is 0 Å². The van der Waals surface area contributed by atoms with Gasteiger partial charge in [0, 0.05) is 13.2 Å². The SMILES string of the molecule is N#Cc1ccc(OCC2CCOCC2)c(C(F)(F)F)c1. The number of ether oxygens (including phenoxy) is 2. The van der Waals surface area contributed by atoms with E-state index in [-0.39, 0.29) is 23.8 Å². The lowest BCUT2D eigenvalue weighted by molar-refractivity contribution is -0.139. The molecule has 1 heterocycles. The van der Waals surface area contributed by atoms with Crippen molar-refractivity contribution >= 4 is 0 Å². The molecule has 1 aromatic carbocycles. The molecule has 0 N–H and O–H groups in total. The summed E-state index contributed by atoms with van der Waals surface area (Å²) in [6, 6.07) is 5.06. The van der Waals surface area contributed by atoms with Crippen molar-refractivity contribution in [1.29, 1.82) is 5.26 Å². The van der Waals surface area contributed by atoms with Gasteiger partial charge in [0.1, 0.15) is 5.75 Å². The van der Waals surface area contributed by atoms with E-state index in [1.165, 1.54) is 12.1 Å². The smallest absolute Gasteiger partial charge is 0.420 e. The molecule has 1 fully saturated rings. The van der Waals surface area contributed by atoms with Crippen LogP contribution in [0.1, 0.15) is 24.0 Å². The number of nitriles is 1.